The van der Waals surface area contributed by atoms with E-state index in [1.807, 2.05) is 20.8 Å². The molecule has 0 aromatic heterocycles. The lowest BCUT2D eigenvalue weighted by Crippen LogP contribution is -2.33. The molecule has 1 amide bonds. The van der Waals surface area contributed by atoms with Crippen molar-refractivity contribution in [2.24, 2.45) is 0 Å². The SMILES string of the molecule is C#CCCCCOc1cc(C(=O)O)cc(OCCCC)c1CCCNC(=O)OC(C)(C)C. The Kier molecular flexibility index (Phi) is 12.1. The minimum atomic E-state index is -1.04. The summed E-state index contributed by atoms with van der Waals surface area (Å²) < 4.78 is 17.1. The van der Waals surface area contributed by atoms with Gasteiger partial charge in [0, 0.05) is 18.5 Å². The van der Waals surface area contributed by atoms with Crippen LogP contribution in [-0.4, -0.2) is 42.5 Å². The highest BCUT2D eigenvalue weighted by atomic mass is 16.6. The highest BCUT2D eigenvalue weighted by Gasteiger charge is 2.18. The average Bonchev–Trinajstić information content (AvgIpc) is 2.70. The van der Waals surface area contributed by atoms with Crippen molar-refractivity contribution in [2.45, 2.75) is 78.2 Å². The second-order valence-electron chi connectivity index (χ2n) is 8.50. The van der Waals surface area contributed by atoms with Gasteiger partial charge in [-0.05, 0) is 65.0 Å². The summed E-state index contributed by atoms with van der Waals surface area (Å²) in [7, 11) is 0. The number of ether oxygens (including phenoxy) is 3. The first kappa shape index (κ1) is 27.2. The van der Waals surface area contributed by atoms with Crippen molar-refractivity contribution in [1.29, 1.82) is 0 Å². The summed E-state index contributed by atoms with van der Waals surface area (Å²) in [4.78, 5) is 23.5. The Morgan fingerprint density at radius 2 is 1.69 bits per heavy atom. The Labute approximate surface area is 191 Å². The van der Waals surface area contributed by atoms with Gasteiger partial charge in [-0.15, -0.1) is 12.3 Å². The molecule has 0 aliphatic rings. The van der Waals surface area contributed by atoms with Gasteiger partial charge in [0.1, 0.15) is 17.1 Å². The van der Waals surface area contributed by atoms with Crippen molar-refractivity contribution in [1.82, 2.24) is 5.32 Å². The lowest BCUT2D eigenvalue weighted by atomic mass is 10.0. The van der Waals surface area contributed by atoms with E-state index in [2.05, 4.69) is 18.2 Å². The zero-order chi connectivity index (χ0) is 24.0. The van der Waals surface area contributed by atoms with Gasteiger partial charge in [0.2, 0.25) is 0 Å². The van der Waals surface area contributed by atoms with Gasteiger partial charge in [-0.25, -0.2) is 9.59 Å². The van der Waals surface area contributed by atoms with Crippen molar-refractivity contribution in [3.05, 3.63) is 23.3 Å². The number of hydrogen-bond donors (Lipinski definition) is 2. The van der Waals surface area contributed by atoms with E-state index in [1.165, 1.54) is 6.07 Å². The number of alkyl carbamates (subject to hydrolysis) is 1. The maximum Gasteiger partial charge on any atom is 0.407 e. The predicted molar refractivity (Wildman–Crippen MR) is 125 cm³/mol. The number of carbonyl (C=O) groups is 2. The first-order valence-corrected chi connectivity index (χ1v) is 11.2. The van der Waals surface area contributed by atoms with E-state index >= 15 is 0 Å². The van der Waals surface area contributed by atoms with Crippen LogP contribution in [0.3, 0.4) is 0 Å². The normalized spacial score (nSPS) is 10.8. The molecule has 0 spiro atoms. The molecule has 0 atom stereocenters. The van der Waals surface area contributed by atoms with E-state index in [9.17, 15) is 14.7 Å². The lowest BCUT2D eigenvalue weighted by Gasteiger charge is -2.20. The molecule has 7 nitrogen and oxygen atoms in total. The molecule has 32 heavy (non-hydrogen) atoms. The monoisotopic (exact) mass is 447 g/mol. The molecule has 1 aromatic carbocycles. The van der Waals surface area contributed by atoms with E-state index < -0.39 is 17.7 Å². The molecule has 1 aromatic rings. The van der Waals surface area contributed by atoms with Gasteiger partial charge >= 0.3 is 12.1 Å². The molecule has 0 radical (unpaired) electrons. The van der Waals surface area contributed by atoms with E-state index in [0.29, 0.717) is 50.5 Å². The van der Waals surface area contributed by atoms with Gasteiger partial charge < -0.3 is 24.6 Å². The van der Waals surface area contributed by atoms with Crippen molar-refractivity contribution in [3.8, 4) is 23.8 Å². The summed E-state index contributed by atoms with van der Waals surface area (Å²) in [5, 5.41) is 12.3. The van der Waals surface area contributed by atoms with Crippen LogP contribution in [0.2, 0.25) is 0 Å². The summed E-state index contributed by atoms with van der Waals surface area (Å²) in [5.74, 6) is 2.56. The lowest BCUT2D eigenvalue weighted by molar-refractivity contribution is 0.0526. The van der Waals surface area contributed by atoms with E-state index in [1.54, 1.807) is 6.07 Å². The van der Waals surface area contributed by atoms with Crippen LogP contribution in [0.5, 0.6) is 11.5 Å². The Balaban J connectivity index is 2.94. The van der Waals surface area contributed by atoms with E-state index in [4.69, 9.17) is 20.6 Å². The van der Waals surface area contributed by atoms with Crippen LogP contribution in [0.15, 0.2) is 12.1 Å². The molecule has 0 saturated heterocycles. The molecule has 0 saturated carbocycles. The molecule has 0 heterocycles. The highest BCUT2D eigenvalue weighted by molar-refractivity contribution is 5.89. The van der Waals surface area contributed by atoms with Crippen LogP contribution in [0.4, 0.5) is 4.79 Å². The number of benzene rings is 1. The van der Waals surface area contributed by atoms with Crippen molar-refractivity contribution in [2.75, 3.05) is 19.8 Å². The largest absolute Gasteiger partial charge is 0.493 e. The fourth-order valence-corrected chi connectivity index (χ4v) is 2.85. The molecule has 1 rings (SSSR count). The number of aromatic carboxylic acids is 1. The van der Waals surface area contributed by atoms with Gasteiger partial charge in [-0.2, -0.15) is 0 Å². The van der Waals surface area contributed by atoms with Crippen molar-refractivity contribution < 1.29 is 28.9 Å². The van der Waals surface area contributed by atoms with Crippen molar-refractivity contribution in [3.63, 3.8) is 0 Å². The van der Waals surface area contributed by atoms with Crippen LogP contribution >= 0.6 is 0 Å². The van der Waals surface area contributed by atoms with Gasteiger partial charge in [-0.1, -0.05) is 13.3 Å². The number of carboxylic acids is 1. The third kappa shape index (κ3) is 10.9. The Hall–Kier alpha value is -2.88. The number of rotatable bonds is 14. The van der Waals surface area contributed by atoms with Gasteiger partial charge in [0.15, 0.2) is 0 Å². The maximum atomic E-state index is 11.9. The fraction of sp³-hybridized carbons (Fsp3) is 0.600. The maximum absolute atomic E-state index is 11.9. The Bertz CT molecular complexity index is 776. The van der Waals surface area contributed by atoms with Crippen LogP contribution in [-0.2, 0) is 11.2 Å². The molecule has 2 N–H and O–H groups in total. The van der Waals surface area contributed by atoms with E-state index in [0.717, 1.165) is 31.2 Å². The molecular weight excluding hydrogens is 410 g/mol. The smallest absolute Gasteiger partial charge is 0.407 e. The molecule has 0 aliphatic carbocycles. The van der Waals surface area contributed by atoms with Crippen molar-refractivity contribution >= 4 is 12.1 Å². The van der Waals surface area contributed by atoms with Crippen LogP contribution in [0.1, 0.15) is 82.1 Å². The molecule has 7 heteroatoms. The number of unbranched alkanes of at least 4 members (excludes halogenated alkanes) is 3. The van der Waals surface area contributed by atoms with Gasteiger partial charge in [0.25, 0.3) is 0 Å². The summed E-state index contributed by atoms with van der Waals surface area (Å²) >= 11 is 0. The minimum Gasteiger partial charge on any atom is -0.493 e. The highest BCUT2D eigenvalue weighted by Crippen LogP contribution is 2.33. The summed E-state index contributed by atoms with van der Waals surface area (Å²) in [5.41, 5.74) is 0.358. The topological polar surface area (TPSA) is 94.1 Å². The standard InChI is InChI=1S/C25H37NO6/c1-6-8-10-11-16-31-22-18-19(23(27)28)17-21(30-15-9-7-2)20(22)13-12-14-26-24(29)32-25(3,4)5/h1,17-18H,7-16H2,2-5H3,(H,26,29)(H,27,28). The Morgan fingerprint density at radius 1 is 1.06 bits per heavy atom. The quantitative estimate of drug-likeness (QED) is 0.301. The third-order valence-corrected chi connectivity index (χ3v) is 4.42. The Morgan fingerprint density at radius 3 is 2.22 bits per heavy atom. The first-order chi connectivity index (χ1) is 15.2. The number of carbonyl (C=O) groups excluding carboxylic acids is 1. The number of amides is 1. The molecule has 0 aliphatic heterocycles. The van der Waals surface area contributed by atoms with Crippen LogP contribution in [0.25, 0.3) is 0 Å². The summed E-state index contributed by atoms with van der Waals surface area (Å²) in [6, 6.07) is 3.08. The van der Waals surface area contributed by atoms with Crippen LogP contribution in [0, 0.1) is 12.3 Å². The minimum absolute atomic E-state index is 0.116. The molecule has 0 bridgehead atoms. The second kappa shape index (κ2) is 14.2. The number of carboxylic acid groups (broad SMARTS) is 1. The summed E-state index contributed by atoms with van der Waals surface area (Å²) in [6.45, 7) is 8.82. The zero-order valence-corrected chi connectivity index (χ0v) is 19.8. The second-order valence-corrected chi connectivity index (χ2v) is 8.50. The molecular formula is C25H37NO6. The number of nitrogens with one attached hydrogen (secondary N) is 1. The number of hydrogen-bond acceptors (Lipinski definition) is 5. The van der Waals surface area contributed by atoms with Gasteiger partial charge in [-0.3, -0.25) is 0 Å². The molecule has 0 fully saturated rings. The summed E-state index contributed by atoms with van der Waals surface area (Å²) in [6.07, 6.45) is 10.1. The zero-order valence-electron chi connectivity index (χ0n) is 19.8. The average molecular weight is 448 g/mol. The fourth-order valence-electron chi connectivity index (χ4n) is 2.85. The van der Waals surface area contributed by atoms with E-state index in [-0.39, 0.29) is 5.56 Å². The third-order valence-electron chi connectivity index (χ3n) is 4.42. The number of terminal acetylenes is 1. The molecule has 178 valence electrons. The first-order valence-electron chi connectivity index (χ1n) is 11.2. The predicted octanol–water partition coefficient (Wildman–Crippen LogP) is 5.20. The molecule has 0 unspecified atom stereocenters. The van der Waals surface area contributed by atoms with Gasteiger partial charge in [0.05, 0.1) is 18.8 Å². The van der Waals surface area contributed by atoms with Crippen LogP contribution < -0.4 is 14.8 Å².